The molecule has 0 atom stereocenters. The van der Waals surface area contributed by atoms with Gasteiger partial charge in [0.25, 0.3) is 11.8 Å². The molecular weight excluding hydrogens is 441 g/mol. The van der Waals surface area contributed by atoms with Crippen LogP contribution in [-0.2, 0) is 11.2 Å². The number of benzene rings is 2. The molecule has 0 radical (unpaired) electrons. The molecule has 6 nitrogen and oxygen atoms in total. The van der Waals surface area contributed by atoms with Crippen molar-refractivity contribution in [3.63, 3.8) is 0 Å². The van der Waals surface area contributed by atoms with Crippen LogP contribution in [0.15, 0.2) is 46.9 Å². The number of anilines is 1. The third-order valence-corrected chi connectivity index (χ3v) is 5.41. The first-order valence-electron chi connectivity index (χ1n) is 9.05. The standard InChI is InChI=1S/C21H17BrFN3O3/c22-14-8-6-12-7-9-15(25-20(12)19(14)23)21(28)26-10-2-3-13-16(26)4-1-5-17(13)29-11-18(24)27/h1,4-9H,2-3,10-11H2,(H2,24,27). The third-order valence-electron chi connectivity index (χ3n) is 4.80. The Hall–Kier alpha value is -3.00. The van der Waals surface area contributed by atoms with Crippen LogP contribution in [0.2, 0.25) is 0 Å². The van der Waals surface area contributed by atoms with Crippen LogP contribution < -0.4 is 15.4 Å². The van der Waals surface area contributed by atoms with Gasteiger partial charge in [-0.3, -0.25) is 9.59 Å². The Morgan fingerprint density at radius 3 is 2.79 bits per heavy atom. The number of hydrogen-bond acceptors (Lipinski definition) is 4. The molecule has 0 spiro atoms. The minimum Gasteiger partial charge on any atom is -0.483 e. The van der Waals surface area contributed by atoms with Crippen molar-refractivity contribution in [3.8, 4) is 5.75 Å². The van der Waals surface area contributed by atoms with Gasteiger partial charge >= 0.3 is 0 Å². The summed E-state index contributed by atoms with van der Waals surface area (Å²) in [7, 11) is 0. The monoisotopic (exact) mass is 457 g/mol. The van der Waals surface area contributed by atoms with Gasteiger partial charge in [-0.1, -0.05) is 18.2 Å². The molecule has 0 saturated heterocycles. The summed E-state index contributed by atoms with van der Waals surface area (Å²) in [4.78, 5) is 30.1. The molecule has 1 aliphatic rings. The maximum absolute atomic E-state index is 14.4. The van der Waals surface area contributed by atoms with Crippen LogP contribution in [0.5, 0.6) is 5.75 Å². The zero-order chi connectivity index (χ0) is 20.5. The van der Waals surface area contributed by atoms with E-state index in [1.54, 1.807) is 41.3 Å². The van der Waals surface area contributed by atoms with Gasteiger partial charge in [0.2, 0.25) is 0 Å². The first-order chi connectivity index (χ1) is 14.0. The molecule has 2 aromatic carbocycles. The van der Waals surface area contributed by atoms with Crippen molar-refractivity contribution in [3.05, 3.63) is 64.0 Å². The highest BCUT2D eigenvalue weighted by atomic mass is 79.9. The Morgan fingerprint density at radius 2 is 2.00 bits per heavy atom. The van der Waals surface area contributed by atoms with Gasteiger partial charge in [0.05, 0.1) is 10.2 Å². The summed E-state index contributed by atoms with van der Waals surface area (Å²) in [6, 6.07) is 11.9. The predicted molar refractivity (Wildman–Crippen MR) is 111 cm³/mol. The Balaban J connectivity index is 1.71. The van der Waals surface area contributed by atoms with E-state index < -0.39 is 11.7 Å². The van der Waals surface area contributed by atoms with E-state index in [-0.39, 0.29) is 23.7 Å². The van der Waals surface area contributed by atoms with Crippen molar-refractivity contribution in [1.82, 2.24) is 4.98 Å². The second-order valence-electron chi connectivity index (χ2n) is 6.70. The lowest BCUT2D eigenvalue weighted by Gasteiger charge is -2.30. The molecule has 0 unspecified atom stereocenters. The highest BCUT2D eigenvalue weighted by Crippen LogP contribution is 2.35. The number of rotatable bonds is 4. The second-order valence-corrected chi connectivity index (χ2v) is 7.55. The molecule has 1 aromatic heterocycles. The summed E-state index contributed by atoms with van der Waals surface area (Å²) in [5, 5.41) is 0.614. The Labute approximate surface area is 174 Å². The third kappa shape index (κ3) is 3.67. The van der Waals surface area contributed by atoms with Crippen LogP contribution in [0.3, 0.4) is 0 Å². The van der Waals surface area contributed by atoms with E-state index in [9.17, 15) is 14.0 Å². The number of ether oxygens (including phenoxy) is 1. The molecule has 4 rings (SSSR count). The van der Waals surface area contributed by atoms with Gasteiger partial charge in [-0.15, -0.1) is 0 Å². The number of halogens is 2. The van der Waals surface area contributed by atoms with E-state index >= 15 is 0 Å². The number of aromatic nitrogens is 1. The van der Waals surface area contributed by atoms with Gasteiger partial charge in [0.1, 0.15) is 17.0 Å². The number of carbonyl (C=O) groups is 2. The maximum atomic E-state index is 14.4. The van der Waals surface area contributed by atoms with Gasteiger partial charge in [-0.2, -0.15) is 0 Å². The zero-order valence-corrected chi connectivity index (χ0v) is 16.9. The summed E-state index contributed by atoms with van der Waals surface area (Å²) < 4.78 is 20.2. The van der Waals surface area contributed by atoms with Crippen molar-refractivity contribution in [2.45, 2.75) is 12.8 Å². The fourth-order valence-electron chi connectivity index (χ4n) is 3.47. The Morgan fingerprint density at radius 1 is 1.21 bits per heavy atom. The lowest BCUT2D eigenvalue weighted by atomic mass is 10.00. The minimum atomic E-state index is -0.570. The summed E-state index contributed by atoms with van der Waals surface area (Å²) in [6.45, 7) is 0.274. The lowest BCUT2D eigenvalue weighted by Crippen LogP contribution is -2.36. The molecule has 2 N–H and O–H groups in total. The molecule has 0 saturated carbocycles. The van der Waals surface area contributed by atoms with Crippen molar-refractivity contribution < 1.29 is 18.7 Å². The lowest BCUT2D eigenvalue weighted by molar-refractivity contribution is -0.119. The van der Waals surface area contributed by atoms with Crippen LogP contribution in [-0.4, -0.2) is 29.9 Å². The molecule has 29 heavy (non-hydrogen) atoms. The summed E-state index contributed by atoms with van der Waals surface area (Å²) in [6.07, 6.45) is 1.43. The smallest absolute Gasteiger partial charge is 0.276 e. The van der Waals surface area contributed by atoms with Gasteiger partial charge in [0.15, 0.2) is 12.4 Å². The average Bonchev–Trinajstić information content (AvgIpc) is 2.73. The second kappa shape index (κ2) is 7.79. The van der Waals surface area contributed by atoms with Crippen molar-refractivity contribution in [2.75, 3.05) is 18.1 Å². The van der Waals surface area contributed by atoms with Gasteiger partial charge in [-0.05, 0) is 53.0 Å². The van der Waals surface area contributed by atoms with E-state index in [0.29, 0.717) is 34.3 Å². The fourth-order valence-corrected chi connectivity index (χ4v) is 3.79. The van der Waals surface area contributed by atoms with Crippen LogP contribution in [0.4, 0.5) is 10.1 Å². The predicted octanol–water partition coefficient (Wildman–Crippen LogP) is 3.59. The van der Waals surface area contributed by atoms with Crippen molar-refractivity contribution in [1.29, 1.82) is 0 Å². The highest BCUT2D eigenvalue weighted by Gasteiger charge is 2.27. The van der Waals surface area contributed by atoms with Crippen LogP contribution in [0.1, 0.15) is 22.5 Å². The van der Waals surface area contributed by atoms with Gasteiger partial charge in [0, 0.05) is 17.5 Å². The largest absolute Gasteiger partial charge is 0.483 e. The average molecular weight is 458 g/mol. The molecule has 3 aromatic rings. The number of carbonyl (C=O) groups excluding carboxylic acids is 2. The summed E-state index contributed by atoms with van der Waals surface area (Å²) >= 11 is 3.15. The number of fused-ring (bicyclic) bond motifs is 2. The Kier molecular flexibility index (Phi) is 5.19. The first kappa shape index (κ1) is 19.3. The number of hydrogen-bond donors (Lipinski definition) is 1. The summed E-state index contributed by atoms with van der Waals surface area (Å²) in [5.74, 6) is -0.863. The molecule has 2 heterocycles. The molecule has 2 amide bonds. The van der Waals surface area contributed by atoms with E-state index in [1.807, 2.05) is 6.07 Å². The maximum Gasteiger partial charge on any atom is 0.276 e. The van der Waals surface area contributed by atoms with Crippen molar-refractivity contribution >= 4 is 44.3 Å². The molecule has 8 heteroatoms. The van der Waals surface area contributed by atoms with Gasteiger partial charge in [-0.25, -0.2) is 9.37 Å². The molecule has 0 aliphatic carbocycles. The highest BCUT2D eigenvalue weighted by molar-refractivity contribution is 9.10. The number of nitrogens with zero attached hydrogens (tertiary/aromatic N) is 2. The fraction of sp³-hybridized carbons (Fsp3) is 0.190. The van der Waals surface area contributed by atoms with Crippen LogP contribution >= 0.6 is 15.9 Å². The van der Waals surface area contributed by atoms with E-state index in [1.165, 1.54) is 0 Å². The molecule has 0 bridgehead atoms. The number of nitrogens with two attached hydrogens (primary N) is 1. The number of primary amides is 1. The SMILES string of the molecule is NC(=O)COc1cccc2c1CCCN2C(=O)c1ccc2ccc(Br)c(F)c2n1. The summed E-state index contributed by atoms with van der Waals surface area (Å²) in [5.41, 5.74) is 6.99. The van der Waals surface area contributed by atoms with E-state index in [2.05, 4.69) is 20.9 Å². The van der Waals surface area contributed by atoms with Crippen LogP contribution in [0.25, 0.3) is 10.9 Å². The normalized spacial score (nSPS) is 13.2. The quantitative estimate of drug-likeness (QED) is 0.648. The Bertz CT molecular complexity index is 1140. The minimum absolute atomic E-state index is 0.140. The van der Waals surface area contributed by atoms with Gasteiger partial charge < -0.3 is 15.4 Å². The molecular formula is C21H17BrFN3O3. The number of pyridine rings is 1. The van der Waals surface area contributed by atoms with E-state index in [4.69, 9.17) is 10.5 Å². The zero-order valence-electron chi connectivity index (χ0n) is 15.3. The molecule has 148 valence electrons. The number of amides is 2. The topological polar surface area (TPSA) is 85.5 Å². The molecule has 1 aliphatic heterocycles. The van der Waals surface area contributed by atoms with E-state index in [0.717, 1.165) is 12.0 Å². The molecule has 0 fully saturated rings. The first-order valence-corrected chi connectivity index (χ1v) is 9.84. The van der Waals surface area contributed by atoms with Crippen molar-refractivity contribution in [2.24, 2.45) is 5.73 Å². The van der Waals surface area contributed by atoms with Crippen LogP contribution in [0, 0.1) is 5.82 Å².